The summed E-state index contributed by atoms with van der Waals surface area (Å²) >= 11 is 0. The maximum Gasteiger partial charge on any atom is 0.469 e. The summed E-state index contributed by atoms with van der Waals surface area (Å²) in [6.07, 6.45) is 48.9. The van der Waals surface area contributed by atoms with Gasteiger partial charge < -0.3 is 9.79 Å². The first-order chi connectivity index (χ1) is 28.4. The quantitative estimate of drug-likeness (QED) is 0.0392. The molecule has 2 N–H and O–H groups in total. The van der Waals surface area contributed by atoms with Gasteiger partial charge in [0, 0.05) is 0 Å². The molecule has 0 bridgehead atoms. The molecule has 0 aliphatic heterocycles. The Balaban J connectivity index is 4.31. The molecule has 0 fully saturated rings. The molecule has 340 valence electrons. The summed E-state index contributed by atoms with van der Waals surface area (Å²) in [6.45, 7) is 26.8. The van der Waals surface area contributed by atoms with Crippen LogP contribution in [-0.4, -0.2) is 16.4 Å². The van der Waals surface area contributed by atoms with Crippen molar-refractivity contribution in [1.29, 1.82) is 0 Å². The molecule has 0 radical (unpaired) electrons. The van der Waals surface area contributed by atoms with E-state index < -0.39 is 7.82 Å². The molecule has 0 heterocycles. The van der Waals surface area contributed by atoms with E-state index >= 15 is 0 Å². The lowest BCUT2D eigenvalue weighted by Gasteiger charge is -2.10. The van der Waals surface area contributed by atoms with Crippen LogP contribution in [0.15, 0.2) is 129 Å². The van der Waals surface area contributed by atoms with Crippen molar-refractivity contribution in [2.45, 2.75) is 205 Å². The minimum atomic E-state index is -4.36. The third-order valence-electron chi connectivity index (χ3n) is 11.0. The zero-order valence-electron chi connectivity index (χ0n) is 40.8. The third kappa shape index (κ3) is 39.4. The summed E-state index contributed by atoms with van der Waals surface area (Å²) in [5.74, 6) is 0.352. The minimum absolute atomic E-state index is 0.0931. The van der Waals surface area contributed by atoms with Gasteiger partial charge in [0.05, 0.1) is 6.61 Å². The average Bonchev–Trinajstić information content (AvgIpc) is 3.14. The van der Waals surface area contributed by atoms with Gasteiger partial charge in [-0.05, 0) is 204 Å². The number of allylic oxidation sites excluding steroid dienone is 22. The van der Waals surface area contributed by atoms with E-state index in [1.807, 2.05) is 0 Å². The van der Waals surface area contributed by atoms with E-state index in [9.17, 15) is 4.57 Å². The fourth-order valence-corrected chi connectivity index (χ4v) is 7.10. The van der Waals surface area contributed by atoms with Crippen molar-refractivity contribution in [2.24, 2.45) is 5.92 Å². The van der Waals surface area contributed by atoms with E-state index in [1.54, 1.807) is 0 Å². The molecule has 0 aliphatic carbocycles. The Morgan fingerprint density at radius 2 is 0.767 bits per heavy atom. The third-order valence-corrected chi connectivity index (χ3v) is 11.6. The van der Waals surface area contributed by atoms with Crippen LogP contribution >= 0.6 is 7.82 Å². The van der Waals surface area contributed by atoms with E-state index in [4.69, 9.17) is 9.79 Å². The Morgan fingerprint density at radius 3 is 1.08 bits per heavy atom. The minimum Gasteiger partial charge on any atom is -0.303 e. The zero-order chi connectivity index (χ0) is 45.2. The van der Waals surface area contributed by atoms with Gasteiger partial charge in [0.1, 0.15) is 0 Å². The fourth-order valence-electron chi connectivity index (χ4n) is 6.75. The topological polar surface area (TPSA) is 66.8 Å². The second-order valence-electron chi connectivity index (χ2n) is 18.1. The maximum absolute atomic E-state index is 10.8. The van der Waals surface area contributed by atoms with Crippen LogP contribution in [0.4, 0.5) is 0 Å². The molecule has 0 aliphatic rings. The Labute approximate surface area is 371 Å². The van der Waals surface area contributed by atoms with Gasteiger partial charge in [-0.3, -0.25) is 4.52 Å². The predicted octanol–water partition coefficient (Wildman–Crippen LogP) is 18.2. The Hall–Kier alpha value is -2.75. The molecule has 4 nitrogen and oxygen atoms in total. The van der Waals surface area contributed by atoms with Gasteiger partial charge in [0.15, 0.2) is 0 Å². The lowest BCUT2D eigenvalue weighted by molar-refractivity contribution is 0.185. The van der Waals surface area contributed by atoms with E-state index in [-0.39, 0.29) is 6.61 Å². The van der Waals surface area contributed by atoms with Crippen molar-refractivity contribution in [1.82, 2.24) is 0 Å². The van der Waals surface area contributed by atoms with Gasteiger partial charge >= 0.3 is 7.82 Å². The Kier molecular flexibility index (Phi) is 34.2. The summed E-state index contributed by atoms with van der Waals surface area (Å²) in [5.41, 5.74) is 14.6. The molecule has 0 saturated carbocycles. The summed E-state index contributed by atoms with van der Waals surface area (Å²) in [4.78, 5) is 17.6. The molecule has 0 aromatic rings. The van der Waals surface area contributed by atoms with Gasteiger partial charge in [-0.15, -0.1) is 0 Å². The molecule has 5 heteroatoms. The standard InChI is InChI=1S/C55H91O4P/c1-45(2)23-13-24-46(3)25-14-26-47(4)27-15-28-48(5)29-16-30-49(6)31-17-32-50(7)33-18-34-51(8)35-19-36-52(9)37-20-38-53(10)39-21-40-54(11)41-22-42-55(12)43-44-59-60(56,57)58/h21,23,25,27,29,31,33,35,37,39-41,55H,13-20,22,24,26,28,30,32,34,36,38,42-44H2,1-12H3,(H2,56,57,58)/b40-21+,46-25+,47-27+,48-29+,49-31+,50-33+,51-35+,52-37+,53-39+,54-41+/t55-/m1/s1. The van der Waals surface area contributed by atoms with Gasteiger partial charge in [-0.1, -0.05) is 136 Å². The van der Waals surface area contributed by atoms with Gasteiger partial charge in [0.2, 0.25) is 0 Å². The number of rotatable bonds is 33. The second kappa shape index (κ2) is 35.8. The van der Waals surface area contributed by atoms with Crippen LogP contribution < -0.4 is 0 Å². The highest BCUT2D eigenvalue weighted by Gasteiger charge is 2.14. The Morgan fingerprint density at radius 1 is 0.450 bits per heavy atom. The first-order valence-corrected chi connectivity index (χ1v) is 24.8. The number of phosphoric ester groups is 1. The lowest BCUT2D eigenvalue weighted by atomic mass is 10.0. The normalized spacial score (nSPS) is 15.4. The molecule has 0 amide bonds. The molecular formula is C55H91O4P. The predicted molar refractivity (Wildman–Crippen MR) is 267 cm³/mol. The highest BCUT2D eigenvalue weighted by atomic mass is 31.2. The van der Waals surface area contributed by atoms with Gasteiger partial charge in [-0.2, -0.15) is 0 Å². The van der Waals surface area contributed by atoms with Crippen LogP contribution in [0.1, 0.15) is 205 Å². The smallest absolute Gasteiger partial charge is 0.303 e. The Bertz CT molecular complexity index is 1590. The molecule has 60 heavy (non-hydrogen) atoms. The molecule has 1 atom stereocenters. The van der Waals surface area contributed by atoms with Crippen LogP contribution in [0.2, 0.25) is 0 Å². The first kappa shape index (κ1) is 57.2. The number of phosphoric acid groups is 1. The number of hydrogen-bond acceptors (Lipinski definition) is 2. The van der Waals surface area contributed by atoms with Crippen LogP contribution in [0.5, 0.6) is 0 Å². The largest absolute Gasteiger partial charge is 0.469 e. The van der Waals surface area contributed by atoms with Crippen LogP contribution in [0.3, 0.4) is 0 Å². The SMILES string of the molecule is CC(C)=CCC/C(C)=C/CC/C(C)=C/CC/C(C)=C/CC/C(C)=C/CC/C(C)=C/CC/C(C)=C/CC/C(C)=C/CC/C(C)=C/C=C/C(C)=C/CC[C@@H](C)CCOP(=O)(O)O. The van der Waals surface area contributed by atoms with Gasteiger partial charge in [0.25, 0.3) is 0 Å². The zero-order valence-corrected chi connectivity index (χ0v) is 41.7. The molecule has 0 spiro atoms. The average molecular weight is 847 g/mol. The molecule has 0 saturated heterocycles. The van der Waals surface area contributed by atoms with Crippen molar-refractivity contribution >= 4 is 7.82 Å². The fraction of sp³-hybridized carbons (Fsp3) is 0.600. The van der Waals surface area contributed by atoms with E-state index in [0.717, 1.165) is 96.3 Å². The lowest BCUT2D eigenvalue weighted by Crippen LogP contribution is -2.00. The molecule has 0 aromatic heterocycles. The summed E-state index contributed by atoms with van der Waals surface area (Å²) in [6, 6.07) is 0. The monoisotopic (exact) mass is 847 g/mol. The molecule has 0 rings (SSSR count). The van der Waals surface area contributed by atoms with E-state index in [0.29, 0.717) is 12.3 Å². The van der Waals surface area contributed by atoms with Crippen LogP contribution in [0.25, 0.3) is 0 Å². The highest BCUT2D eigenvalue weighted by molar-refractivity contribution is 7.46. The van der Waals surface area contributed by atoms with Crippen molar-refractivity contribution in [3.63, 3.8) is 0 Å². The van der Waals surface area contributed by atoms with E-state index in [1.165, 1.54) is 75.0 Å². The highest BCUT2D eigenvalue weighted by Crippen LogP contribution is 2.36. The molecule has 0 aromatic carbocycles. The van der Waals surface area contributed by atoms with Crippen molar-refractivity contribution in [3.8, 4) is 0 Å². The summed E-state index contributed by atoms with van der Waals surface area (Å²) in [7, 11) is -4.36. The van der Waals surface area contributed by atoms with Crippen molar-refractivity contribution in [2.75, 3.05) is 6.61 Å². The van der Waals surface area contributed by atoms with Crippen molar-refractivity contribution < 1.29 is 18.9 Å². The van der Waals surface area contributed by atoms with E-state index in [2.05, 4.69) is 161 Å². The van der Waals surface area contributed by atoms with Crippen molar-refractivity contribution in [3.05, 3.63) is 129 Å². The molecular weight excluding hydrogens is 756 g/mol. The first-order valence-electron chi connectivity index (χ1n) is 23.3. The maximum atomic E-state index is 10.8. The van der Waals surface area contributed by atoms with Crippen LogP contribution in [0, 0.1) is 5.92 Å². The van der Waals surface area contributed by atoms with Crippen LogP contribution in [-0.2, 0) is 9.09 Å². The van der Waals surface area contributed by atoms with Gasteiger partial charge in [-0.25, -0.2) is 4.57 Å². The molecule has 0 unspecified atom stereocenters. The second-order valence-corrected chi connectivity index (χ2v) is 19.3. The summed E-state index contributed by atoms with van der Waals surface area (Å²) in [5, 5.41) is 0. The summed E-state index contributed by atoms with van der Waals surface area (Å²) < 4.78 is 15.3. The number of hydrogen-bond donors (Lipinski definition) is 2.